The lowest BCUT2D eigenvalue weighted by Crippen LogP contribution is -2.20. The first-order chi connectivity index (χ1) is 17.0. The van der Waals surface area contributed by atoms with Gasteiger partial charge in [-0.3, -0.25) is 5.43 Å². The van der Waals surface area contributed by atoms with Gasteiger partial charge in [0.2, 0.25) is 0 Å². The van der Waals surface area contributed by atoms with Gasteiger partial charge in [0, 0.05) is 5.39 Å². The van der Waals surface area contributed by atoms with E-state index in [2.05, 4.69) is 31.3 Å². The molecule has 4 rings (SSSR count). The van der Waals surface area contributed by atoms with Gasteiger partial charge in [-0.25, -0.2) is 9.98 Å². The van der Waals surface area contributed by atoms with Gasteiger partial charge < -0.3 is 9.47 Å². The number of ether oxygens (including phenoxy) is 2. The van der Waals surface area contributed by atoms with E-state index in [1.54, 1.807) is 13.3 Å². The van der Waals surface area contributed by atoms with Crippen molar-refractivity contribution in [1.82, 2.24) is 10.4 Å². The third kappa shape index (κ3) is 6.44. The second-order valence-corrected chi connectivity index (χ2v) is 8.67. The van der Waals surface area contributed by atoms with Gasteiger partial charge in [-0.15, -0.1) is 0 Å². The number of aryl methyl sites for hydroxylation is 1. The van der Waals surface area contributed by atoms with Gasteiger partial charge in [0.1, 0.15) is 5.69 Å². The first kappa shape index (κ1) is 24.0. The maximum absolute atomic E-state index is 5.84. The standard InChI is InChI=1S/C29H30N4O2/c1-20(2)19-35-27-16-11-22(17-28(27)34-4)18-30-33-29(31-24-13-9-21(3)10-14-24)26-15-12-23-7-5-6-8-25(23)32-26/h5-18,20H,19H2,1-4H3,(H,31,33)/b30-18+. The van der Waals surface area contributed by atoms with E-state index in [0.717, 1.165) is 22.2 Å². The Hall–Kier alpha value is -4.19. The SMILES string of the molecule is COc1cc(/C=N/NC(=Nc2ccc(C)cc2)c2ccc3ccccc3n2)ccc1OCC(C)C. The molecule has 0 unspecified atom stereocenters. The molecule has 0 aliphatic carbocycles. The summed E-state index contributed by atoms with van der Waals surface area (Å²) in [6.07, 6.45) is 1.72. The highest BCUT2D eigenvalue weighted by Crippen LogP contribution is 2.28. The fraction of sp³-hybridized carbons (Fsp3) is 0.207. The molecule has 178 valence electrons. The molecule has 1 N–H and O–H groups in total. The van der Waals surface area contributed by atoms with Crippen LogP contribution in [0.25, 0.3) is 10.9 Å². The largest absolute Gasteiger partial charge is 0.493 e. The van der Waals surface area contributed by atoms with Gasteiger partial charge in [0.15, 0.2) is 17.3 Å². The topological polar surface area (TPSA) is 68.1 Å². The Kier molecular flexibility index (Phi) is 7.73. The van der Waals surface area contributed by atoms with Crippen molar-refractivity contribution in [2.24, 2.45) is 16.0 Å². The van der Waals surface area contributed by atoms with Crippen LogP contribution in [0.4, 0.5) is 5.69 Å². The van der Waals surface area contributed by atoms with Crippen LogP contribution in [-0.2, 0) is 0 Å². The fourth-order valence-electron chi connectivity index (χ4n) is 3.39. The molecule has 0 saturated carbocycles. The van der Waals surface area contributed by atoms with Gasteiger partial charge in [-0.1, -0.05) is 55.8 Å². The molecule has 0 saturated heterocycles. The highest BCUT2D eigenvalue weighted by Gasteiger charge is 2.08. The molecule has 0 aliphatic heterocycles. The van der Waals surface area contributed by atoms with E-state index in [-0.39, 0.29) is 0 Å². The number of nitrogens with one attached hydrogen (secondary N) is 1. The van der Waals surface area contributed by atoms with Crippen molar-refractivity contribution in [3.8, 4) is 11.5 Å². The molecule has 0 spiro atoms. The number of pyridine rings is 1. The summed E-state index contributed by atoms with van der Waals surface area (Å²) in [6, 6.07) is 25.7. The van der Waals surface area contributed by atoms with Crippen LogP contribution in [0.1, 0.15) is 30.7 Å². The molecule has 0 bridgehead atoms. The number of aliphatic imine (C=N–C) groups is 1. The molecule has 0 radical (unpaired) electrons. The van der Waals surface area contributed by atoms with Gasteiger partial charge >= 0.3 is 0 Å². The number of para-hydroxylation sites is 1. The molecule has 1 heterocycles. The van der Waals surface area contributed by atoms with Gasteiger partial charge in [-0.05, 0) is 60.9 Å². The molecule has 6 nitrogen and oxygen atoms in total. The van der Waals surface area contributed by atoms with Gasteiger partial charge in [0.25, 0.3) is 0 Å². The van der Waals surface area contributed by atoms with Gasteiger partial charge in [0.05, 0.1) is 31.1 Å². The number of benzene rings is 3. The smallest absolute Gasteiger partial charge is 0.173 e. The van der Waals surface area contributed by atoms with E-state index in [0.29, 0.717) is 35.6 Å². The number of methoxy groups -OCH3 is 1. The molecule has 35 heavy (non-hydrogen) atoms. The maximum Gasteiger partial charge on any atom is 0.173 e. The maximum atomic E-state index is 5.84. The normalized spacial score (nSPS) is 11.9. The zero-order valence-corrected chi connectivity index (χ0v) is 20.5. The second kappa shape index (κ2) is 11.3. The van der Waals surface area contributed by atoms with Crippen molar-refractivity contribution in [3.05, 3.63) is 95.7 Å². The number of hydrogen-bond donors (Lipinski definition) is 1. The van der Waals surface area contributed by atoms with Crippen molar-refractivity contribution >= 4 is 28.6 Å². The van der Waals surface area contributed by atoms with E-state index in [4.69, 9.17) is 19.5 Å². The van der Waals surface area contributed by atoms with Gasteiger partial charge in [-0.2, -0.15) is 5.10 Å². The summed E-state index contributed by atoms with van der Waals surface area (Å²) in [5.41, 5.74) is 7.55. The summed E-state index contributed by atoms with van der Waals surface area (Å²) in [4.78, 5) is 9.57. The predicted octanol–water partition coefficient (Wildman–Crippen LogP) is 6.29. The average molecular weight is 467 g/mol. The van der Waals surface area contributed by atoms with Crippen LogP contribution in [0.5, 0.6) is 11.5 Å². The number of fused-ring (bicyclic) bond motifs is 1. The van der Waals surface area contributed by atoms with Crippen LogP contribution in [0.3, 0.4) is 0 Å². The fourth-order valence-corrected chi connectivity index (χ4v) is 3.39. The number of nitrogens with zero attached hydrogens (tertiary/aromatic N) is 3. The number of rotatable bonds is 8. The lowest BCUT2D eigenvalue weighted by atomic mass is 10.2. The lowest BCUT2D eigenvalue weighted by molar-refractivity contribution is 0.257. The predicted molar refractivity (Wildman–Crippen MR) is 143 cm³/mol. The zero-order valence-electron chi connectivity index (χ0n) is 20.5. The van der Waals surface area contributed by atoms with Crippen molar-refractivity contribution < 1.29 is 9.47 Å². The van der Waals surface area contributed by atoms with Crippen LogP contribution in [-0.4, -0.2) is 30.8 Å². The zero-order chi connectivity index (χ0) is 24.6. The Morgan fingerprint density at radius 1 is 0.971 bits per heavy atom. The van der Waals surface area contributed by atoms with Crippen LogP contribution in [0.15, 0.2) is 89.0 Å². The van der Waals surface area contributed by atoms with Crippen molar-refractivity contribution in [3.63, 3.8) is 0 Å². The Balaban J connectivity index is 1.60. The minimum absolute atomic E-state index is 0.431. The van der Waals surface area contributed by atoms with E-state index in [1.165, 1.54) is 5.56 Å². The molecule has 6 heteroatoms. The van der Waals surface area contributed by atoms with E-state index in [9.17, 15) is 0 Å². The molecule has 4 aromatic rings. The molecule has 0 fully saturated rings. The van der Waals surface area contributed by atoms with E-state index in [1.807, 2.05) is 78.9 Å². The molecule has 0 amide bonds. The van der Waals surface area contributed by atoms with E-state index >= 15 is 0 Å². The highest BCUT2D eigenvalue weighted by molar-refractivity contribution is 6.00. The average Bonchev–Trinajstić information content (AvgIpc) is 2.88. The Bertz CT molecular complexity index is 1340. The van der Waals surface area contributed by atoms with Crippen molar-refractivity contribution in [1.29, 1.82) is 0 Å². The van der Waals surface area contributed by atoms with Crippen molar-refractivity contribution in [2.45, 2.75) is 20.8 Å². The van der Waals surface area contributed by atoms with Crippen LogP contribution in [0.2, 0.25) is 0 Å². The first-order valence-corrected chi connectivity index (χ1v) is 11.6. The molecule has 0 aliphatic rings. The highest BCUT2D eigenvalue weighted by atomic mass is 16.5. The Morgan fingerprint density at radius 3 is 2.54 bits per heavy atom. The third-order valence-corrected chi connectivity index (χ3v) is 5.26. The molecular weight excluding hydrogens is 436 g/mol. The minimum Gasteiger partial charge on any atom is -0.493 e. The van der Waals surface area contributed by atoms with Crippen molar-refractivity contribution in [2.75, 3.05) is 13.7 Å². The first-order valence-electron chi connectivity index (χ1n) is 11.6. The van der Waals surface area contributed by atoms with E-state index < -0.39 is 0 Å². The summed E-state index contributed by atoms with van der Waals surface area (Å²) in [6.45, 7) is 6.90. The Morgan fingerprint density at radius 2 is 1.77 bits per heavy atom. The van der Waals surface area contributed by atoms with Crippen LogP contribution in [0, 0.1) is 12.8 Å². The minimum atomic E-state index is 0.431. The quantitative estimate of drug-likeness (QED) is 0.188. The lowest BCUT2D eigenvalue weighted by Gasteiger charge is -2.12. The summed E-state index contributed by atoms with van der Waals surface area (Å²) >= 11 is 0. The summed E-state index contributed by atoms with van der Waals surface area (Å²) in [5.74, 6) is 2.37. The second-order valence-electron chi connectivity index (χ2n) is 8.67. The summed E-state index contributed by atoms with van der Waals surface area (Å²) in [5, 5.41) is 5.52. The Labute approximate surface area is 206 Å². The number of hydrazone groups is 1. The van der Waals surface area contributed by atoms with Crippen LogP contribution < -0.4 is 14.9 Å². The summed E-state index contributed by atoms with van der Waals surface area (Å²) in [7, 11) is 1.63. The third-order valence-electron chi connectivity index (χ3n) is 5.26. The number of aromatic nitrogens is 1. The molecule has 1 aromatic heterocycles. The molecule has 0 atom stereocenters. The molecule has 3 aromatic carbocycles. The number of amidine groups is 1. The monoisotopic (exact) mass is 466 g/mol. The number of hydrogen-bond acceptors (Lipinski definition) is 5. The van der Waals surface area contributed by atoms with Crippen LogP contribution >= 0.6 is 0 Å². The molecular formula is C29H30N4O2. The summed E-state index contributed by atoms with van der Waals surface area (Å²) < 4.78 is 11.3.